The fourth-order valence-electron chi connectivity index (χ4n) is 1.86. The predicted octanol–water partition coefficient (Wildman–Crippen LogP) is -0.366. The number of carboxylic acids is 1. The van der Waals surface area contributed by atoms with E-state index >= 15 is 0 Å². The van der Waals surface area contributed by atoms with Gasteiger partial charge in [-0.1, -0.05) is 13.8 Å². The van der Waals surface area contributed by atoms with Crippen LogP contribution in [0.1, 0.15) is 26.7 Å². The van der Waals surface area contributed by atoms with Crippen molar-refractivity contribution in [3.8, 4) is 0 Å². The van der Waals surface area contributed by atoms with Gasteiger partial charge in [0.25, 0.3) is 10.2 Å². The molecule has 8 heteroatoms. The normalized spacial score (nSPS) is 20.6. The molecule has 1 heterocycles. The third kappa shape index (κ3) is 4.72. The van der Waals surface area contributed by atoms with Crippen LogP contribution in [0.25, 0.3) is 0 Å². The molecule has 1 aliphatic rings. The number of rotatable bonds is 6. The molecule has 0 aromatic heterocycles. The van der Waals surface area contributed by atoms with E-state index < -0.39 is 28.2 Å². The number of nitrogens with zero attached hydrogens (tertiary/aromatic N) is 1. The van der Waals surface area contributed by atoms with Crippen LogP contribution in [0, 0.1) is 11.8 Å². The SMILES string of the molecule is CC(C)C(O)CNS(=O)(=O)N1CCC(C(=O)O)CC1. The van der Waals surface area contributed by atoms with E-state index in [0.717, 1.165) is 0 Å². The molecule has 7 nitrogen and oxygen atoms in total. The van der Waals surface area contributed by atoms with Gasteiger partial charge >= 0.3 is 5.97 Å². The van der Waals surface area contributed by atoms with Crippen LogP contribution in [-0.2, 0) is 15.0 Å². The summed E-state index contributed by atoms with van der Waals surface area (Å²) in [6, 6.07) is 0. The smallest absolute Gasteiger partial charge is 0.306 e. The number of carbonyl (C=O) groups is 1. The van der Waals surface area contributed by atoms with Gasteiger partial charge in [-0.05, 0) is 18.8 Å². The summed E-state index contributed by atoms with van der Waals surface area (Å²) in [5.41, 5.74) is 0. The average Bonchev–Trinajstić information content (AvgIpc) is 2.36. The average molecular weight is 294 g/mol. The van der Waals surface area contributed by atoms with Gasteiger partial charge in [-0.25, -0.2) is 0 Å². The van der Waals surface area contributed by atoms with Gasteiger partial charge in [-0.15, -0.1) is 0 Å². The van der Waals surface area contributed by atoms with Gasteiger partial charge in [-0.2, -0.15) is 17.4 Å². The first-order chi connectivity index (χ1) is 8.74. The summed E-state index contributed by atoms with van der Waals surface area (Å²) in [4.78, 5) is 10.8. The second-order valence-corrected chi connectivity index (χ2v) is 6.93. The van der Waals surface area contributed by atoms with Crippen molar-refractivity contribution in [3.05, 3.63) is 0 Å². The summed E-state index contributed by atoms with van der Waals surface area (Å²) in [5.74, 6) is -1.37. The van der Waals surface area contributed by atoms with Crippen LogP contribution in [0.3, 0.4) is 0 Å². The first kappa shape index (κ1) is 16.4. The summed E-state index contributed by atoms with van der Waals surface area (Å²) < 4.78 is 27.5. The Morgan fingerprint density at radius 1 is 1.37 bits per heavy atom. The van der Waals surface area contributed by atoms with E-state index in [1.54, 1.807) is 13.8 Å². The lowest BCUT2D eigenvalue weighted by molar-refractivity contribution is -0.142. The molecule has 1 unspecified atom stereocenters. The minimum Gasteiger partial charge on any atom is -0.481 e. The highest BCUT2D eigenvalue weighted by Crippen LogP contribution is 2.19. The van der Waals surface area contributed by atoms with Crippen LogP contribution in [0.5, 0.6) is 0 Å². The number of nitrogens with one attached hydrogen (secondary N) is 1. The molecule has 1 rings (SSSR count). The maximum atomic E-state index is 11.9. The molecule has 0 saturated carbocycles. The van der Waals surface area contributed by atoms with Crippen molar-refractivity contribution in [2.45, 2.75) is 32.8 Å². The van der Waals surface area contributed by atoms with Gasteiger partial charge in [0.2, 0.25) is 0 Å². The molecule has 1 fully saturated rings. The number of carboxylic acid groups (broad SMARTS) is 1. The predicted molar refractivity (Wildman–Crippen MR) is 69.7 cm³/mol. The van der Waals surface area contributed by atoms with E-state index in [-0.39, 0.29) is 25.6 Å². The van der Waals surface area contributed by atoms with Gasteiger partial charge in [0.1, 0.15) is 0 Å². The fraction of sp³-hybridized carbons (Fsp3) is 0.909. The summed E-state index contributed by atoms with van der Waals surface area (Å²) in [6.45, 7) is 3.97. The summed E-state index contributed by atoms with van der Waals surface area (Å²) >= 11 is 0. The molecular weight excluding hydrogens is 272 g/mol. The Balaban J connectivity index is 2.49. The van der Waals surface area contributed by atoms with Gasteiger partial charge in [0.15, 0.2) is 0 Å². The minimum atomic E-state index is -3.63. The van der Waals surface area contributed by atoms with Crippen molar-refractivity contribution in [2.75, 3.05) is 19.6 Å². The van der Waals surface area contributed by atoms with E-state index in [2.05, 4.69) is 4.72 Å². The molecule has 1 aliphatic heterocycles. The first-order valence-electron chi connectivity index (χ1n) is 6.39. The summed E-state index contributed by atoms with van der Waals surface area (Å²) in [5, 5.41) is 18.4. The van der Waals surface area contributed by atoms with Crippen molar-refractivity contribution in [3.63, 3.8) is 0 Å². The Labute approximate surface area is 113 Å². The second-order valence-electron chi connectivity index (χ2n) is 5.18. The van der Waals surface area contributed by atoms with Crippen molar-refractivity contribution >= 4 is 16.2 Å². The molecular formula is C11H22N2O5S. The molecule has 112 valence electrons. The number of aliphatic hydroxyl groups is 1. The number of aliphatic hydroxyl groups excluding tert-OH is 1. The van der Waals surface area contributed by atoms with Gasteiger partial charge in [0.05, 0.1) is 12.0 Å². The van der Waals surface area contributed by atoms with E-state index in [0.29, 0.717) is 12.8 Å². The molecule has 0 spiro atoms. The standard InChI is InChI=1S/C11H22N2O5S/c1-8(2)10(14)7-12-19(17,18)13-5-3-9(4-6-13)11(15)16/h8-10,12,14H,3-7H2,1-2H3,(H,15,16). The van der Waals surface area contributed by atoms with Crippen molar-refractivity contribution in [1.29, 1.82) is 0 Å². The van der Waals surface area contributed by atoms with Crippen molar-refractivity contribution in [2.24, 2.45) is 11.8 Å². The van der Waals surface area contributed by atoms with E-state index in [1.165, 1.54) is 4.31 Å². The first-order valence-corrected chi connectivity index (χ1v) is 7.83. The van der Waals surface area contributed by atoms with Gasteiger partial charge < -0.3 is 10.2 Å². The topological polar surface area (TPSA) is 107 Å². The third-order valence-corrected chi connectivity index (χ3v) is 4.96. The summed E-state index contributed by atoms with van der Waals surface area (Å²) in [7, 11) is -3.63. The van der Waals surface area contributed by atoms with Gasteiger partial charge in [0, 0.05) is 19.6 Å². The zero-order chi connectivity index (χ0) is 14.6. The fourth-order valence-corrected chi connectivity index (χ4v) is 3.12. The molecule has 0 bridgehead atoms. The Bertz CT molecular complexity index is 401. The molecule has 0 aromatic carbocycles. The van der Waals surface area contributed by atoms with Crippen LogP contribution >= 0.6 is 0 Å². The maximum absolute atomic E-state index is 11.9. The van der Waals surface area contributed by atoms with Crippen LogP contribution in [0.15, 0.2) is 0 Å². The Morgan fingerprint density at radius 3 is 2.32 bits per heavy atom. The van der Waals surface area contributed by atoms with Crippen LogP contribution in [-0.4, -0.2) is 54.6 Å². The van der Waals surface area contributed by atoms with Crippen molar-refractivity contribution in [1.82, 2.24) is 9.03 Å². The molecule has 3 N–H and O–H groups in total. The van der Waals surface area contributed by atoms with Crippen LogP contribution < -0.4 is 4.72 Å². The third-order valence-electron chi connectivity index (χ3n) is 3.39. The van der Waals surface area contributed by atoms with Crippen LogP contribution in [0.2, 0.25) is 0 Å². The molecule has 0 aromatic rings. The molecule has 1 saturated heterocycles. The quantitative estimate of drug-likeness (QED) is 0.620. The second kappa shape index (κ2) is 6.65. The molecule has 0 amide bonds. The highest BCUT2D eigenvalue weighted by molar-refractivity contribution is 7.87. The molecule has 0 aliphatic carbocycles. The highest BCUT2D eigenvalue weighted by atomic mass is 32.2. The maximum Gasteiger partial charge on any atom is 0.306 e. The lowest BCUT2D eigenvalue weighted by atomic mass is 9.99. The van der Waals surface area contributed by atoms with E-state index in [1.807, 2.05) is 0 Å². The minimum absolute atomic E-state index is 0.0274. The lowest BCUT2D eigenvalue weighted by Gasteiger charge is -2.29. The highest BCUT2D eigenvalue weighted by Gasteiger charge is 2.31. The Hall–Kier alpha value is -0.700. The molecule has 19 heavy (non-hydrogen) atoms. The van der Waals surface area contributed by atoms with E-state index in [4.69, 9.17) is 5.11 Å². The number of hydrogen-bond donors (Lipinski definition) is 3. The summed E-state index contributed by atoms with van der Waals surface area (Å²) in [6.07, 6.45) is -0.0855. The van der Waals surface area contributed by atoms with Crippen molar-refractivity contribution < 1.29 is 23.4 Å². The number of hydrogen-bond acceptors (Lipinski definition) is 4. The largest absolute Gasteiger partial charge is 0.481 e. The number of piperidine rings is 1. The molecule has 1 atom stereocenters. The Kier molecular flexibility index (Phi) is 5.72. The zero-order valence-electron chi connectivity index (χ0n) is 11.2. The monoisotopic (exact) mass is 294 g/mol. The number of aliphatic carboxylic acids is 1. The van der Waals surface area contributed by atoms with Gasteiger partial charge in [-0.3, -0.25) is 4.79 Å². The van der Waals surface area contributed by atoms with E-state index in [9.17, 15) is 18.3 Å². The van der Waals surface area contributed by atoms with Crippen LogP contribution in [0.4, 0.5) is 0 Å². The Morgan fingerprint density at radius 2 is 1.89 bits per heavy atom. The molecule has 0 radical (unpaired) electrons. The zero-order valence-corrected chi connectivity index (χ0v) is 12.1. The lowest BCUT2D eigenvalue weighted by Crippen LogP contribution is -2.48.